The van der Waals surface area contributed by atoms with Crippen molar-refractivity contribution in [3.8, 4) is 5.75 Å². The summed E-state index contributed by atoms with van der Waals surface area (Å²) in [5.74, 6) is 0.941. The van der Waals surface area contributed by atoms with Gasteiger partial charge in [0.05, 0.1) is 6.10 Å². The molecule has 0 amide bonds. The minimum atomic E-state index is 0.230. The minimum absolute atomic E-state index is 0.230. The van der Waals surface area contributed by atoms with Crippen LogP contribution in [0.15, 0.2) is 30.3 Å². The number of benzene rings is 1. The Morgan fingerprint density at radius 1 is 1.20 bits per heavy atom. The molecule has 0 aliphatic carbocycles. The van der Waals surface area contributed by atoms with Gasteiger partial charge in [0.15, 0.2) is 0 Å². The maximum Gasteiger partial charge on any atom is 0.119 e. The Morgan fingerprint density at radius 2 is 2.00 bits per heavy atom. The molecular weight excluding hydrogens is 248 g/mol. The van der Waals surface area contributed by atoms with Crippen molar-refractivity contribution in [3.63, 3.8) is 0 Å². The van der Waals surface area contributed by atoms with Gasteiger partial charge in [-0.1, -0.05) is 24.3 Å². The average Bonchev–Trinajstić information content (AvgIpc) is 2.69. The first-order valence-corrected chi connectivity index (χ1v) is 7.60. The topological polar surface area (TPSA) is 24.5 Å². The van der Waals surface area contributed by atoms with E-state index in [1.165, 1.54) is 18.5 Å². The minimum Gasteiger partial charge on any atom is -0.491 e. The van der Waals surface area contributed by atoms with Crippen LogP contribution < -0.4 is 10.1 Å². The Bertz CT molecular complexity index is 404. The molecule has 1 N–H and O–H groups in total. The van der Waals surface area contributed by atoms with E-state index in [-0.39, 0.29) is 6.10 Å². The molecule has 0 spiro atoms. The Hall–Kier alpha value is -1.32. The molecule has 1 heterocycles. The van der Waals surface area contributed by atoms with Crippen LogP contribution in [0.4, 0.5) is 0 Å². The smallest absolute Gasteiger partial charge is 0.119 e. The van der Waals surface area contributed by atoms with Crippen LogP contribution in [0, 0.1) is 0 Å². The van der Waals surface area contributed by atoms with Gasteiger partial charge in [0.25, 0.3) is 0 Å². The van der Waals surface area contributed by atoms with Gasteiger partial charge in [0.1, 0.15) is 5.75 Å². The van der Waals surface area contributed by atoms with Gasteiger partial charge in [-0.15, -0.1) is 0 Å². The van der Waals surface area contributed by atoms with Crippen molar-refractivity contribution in [3.05, 3.63) is 35.9 Å². The molecule has 3 nitrogen and oxygen atoms in total. The van der Waals surface area contributed by atoms with E-state index < -0.39 is 0 Å². The number of hydrogen-bond donors (Lipinski definition) is 1. The molecule has 1 saturated heterocycles. The van der Waals surface area contributed by atoms with E-state index in [2.05, 4.69) is 34.5 Å². The van der Waals surface area contributed by atoms with Gasteiger partial charge >= 0.3 is 0 Å². The second-order valence-electron chi connectivity index (χ2n) is 5.54. The summed E-state index contributed by atoms with van der Waals surface area (Å²) >= 11 is 0. The van der Waals surface area contributed by atoms with Gasteiger partial charge in [-0.3, -0.25) is 4.90 Å². The monoisotopic (exact) mass is 274 g/mol. The first kappa shape index (κ1) is 15.1. The summed E-state index contributed by atoms with van der Waals surface area (Å²) in [6, 6.07) is 8.29. The highest BCUT2D eigenvalue weighted by molar-refractivity contribution is 5.50. The van der Waals surface area contributed by atoms with Crippen LogP contribution in [0.3, 0.4) is 0 Å². The Morgan fingerprint density at radius 3 is 2.75 bits per heavy atom. The molecule has 0 atom stereocenters. The molecule has 2 rings (SSSR count). The molecule has 1 aromatic carbocycles. The molecule has 0 aromatic heterocycles. The van der Waals surface area contributed by atoms with Crippen molar-refractivity contribution < 1.29 is 4.74 Å². The third-order valence-corrected chi connectivity index (χ3v) is 3.36. The SMILES string of the molecule is CC(C)Oc1ccc(/C=C/CN2CCCNCC2)cc1. The molecule has 1 aliphatic heterocycles. The maximum absolute atomic E-state index is 5.64. The zero-order valence-corrected chi connectivity index (χ0v) is 12.6. The highest BCUT2D eigenvalue weighted by Gasteiger charge is 2.05. The molecule has 1 fully saturated rings. The second kappa shape index (κ2) is 8.08. The van der Waals surface area contributed by atoms with E-state index in [4.69, 9.17) is 4.74 Å². The molecule has 110 valence electrons. The molecule has 0 bridgehead atoms. The summed E-state index contributed by atoms with van der Waals surface area (Å²) in [4.78, 5) is 2.49. The highest BCUT2D eigenvalue weighted by Crippen LogP contribution is 2.14. The second-order valence-corrected chi connectivity index (χ2v) is 5.54. The zero-order valence-electron chi connectivity index (χ0n) is 12.6. The molecule has 0 unspecified atom stereocenters. The van der Waals surface area contributed by atoms with Crippen LogP contribution in [0.25, 0.3) is 6.08 Å². The fourth-order valence-corrected chi connectivity index (χ4v) is 2.35. The van der Waals surface area contributed by atoms with Crippen molar-refractivity contribution >= 4 is 6.08 Å². The standard InChI is InChI=1S/C17H26N2O/c1-15(2)20-17-8-6-16(7-9-17)5-3-12-19-13-4-10-18-11-14-19/h3,5-9,15,18H,4,10-14H2,1-2H3/b5-3+. The van der Waals surface area contributed by atoms with Crippen LogP contribution in [-0.4, -0.2) is 43.7 Å². The summed E-state index contributed by atoms with van der Waals surface area (Å²) < 4.78 is 5.64. The van der Waals surface area contributed by atoms with Gasteiger partial charge in [-0.2, -0.15) is 0 Å². The summed E-state index contributed by atoms with van der Waals surface area (Å²) in [5, 5.41) is 3.43. The number of nitrogens with one attached hydrogen (secondary N) is 1. The van der Waals surface area contributed by atoms with E-state index in [1.807, 2.05) is 26.0 Å². The number of rotatable bonds is 5. The number of nitrogens with zero attached hydrogens (tertiary/aromatic N) is 1. The third kappa shape index (κ3) is 5.35. The predicted molar refractivity (Wildman–Crippen MR) is 85.2 cm³/mol. The van der Waals surface area contributed by atoms with Gasteiger partial charge in [-0.25, -0.2) is 0 Å². The summed E-state index contributed by atoms with van der Waals surface area (Å²) in [6.07, 6.45) is 5.92. The van der Waals surface area contributed by atoms with Crippen LogP contribution in [0.1, 0.15) is 25.8 Å². The molecular formula is C17H26N2O. The predicted octanol–water partition coefficient (Wildman–Crippen LogP) is 2.78. The molecule has 0 saturated carbocycles. The zero-order chi connectivity index (χ0) is 14.2. The number of hydrogen-bond acceptors (Lipinski definition) is 3. The van der Waals surface area contributed by atoms with E-state index in [9.17, 15) is 0 Å². The Kier molecular flexibility index (Phi) is 6.09. The van der Waals surface area contributed by atoms with Crippen molar-refractivity contribution in [2.45, 2.75) is 26.4 Å². The van der Waals surface area contributed by atoms with Crippen LogP contribution >= 0.6 is 0 Å². The van der Waals surface area contributed by atoms with E-state index in [0.717, 1.165) is 31.9 Å². The lowest BCUT2D eigenvalue weighted by Gasteiger charge is -2.16. The Labute approximate surface area is 122 Å². The van der Waals surface area contributed by atoms with Crippen molar-refractivity contribution in [2.24, 2.45) is 0 Å². The highest BCUT2D eigenvalue weighted by atomic mass is 16.5. The first-order valence-electron chi connectivity index (χ1n) is 7.60. The lowest BCUT2D eigenvalue weighted by Crippen LogP contribution is -2.28. The molecule has 20 heavy (non-hydrogen) atoms. The van der Waals surface area contributed by atoms with Gasteiger partial charge < -0.3 is 10.1 Å². The molecule has 1 aliphatic rings. The van der Waals surface area contributed by atoms with E-state index in [1.54, 1.807) is 0 Å². The molecule has 1 aromatic rings. The van der Waals surface area contributed by atoms with Gasteiger partial charge in [0.2, 0.25) is 0 Å². The van der Waals surface area contributed by atoms with E-state index in [0.29, 0.717) is 0 Å². The van der Waals surface area contributed by atoms with Crippen molar-refractivity contribution in [1.29, 1.82) is 0 Å². The Balaban J connectivity index is 1.81. The normalized spacial score (nSPS) is 17.6. The van der Waals surface area contributed by atoms with Crippen molar-refractivity contribution in [1.82, 2.24) is 10.2 Å². The fraction of sp³-hybridized carbons (Fsp3) is 0.529. The van der Waals surface area contributed by atoms with Crippen molar-refractivity contribution in [2.75, 3.05) is 32.7 Å². The third-order valence-electron chi connectivity index (χ3n) is 3.36. The molecule has 3 heteroatoms. The largest absolute Gasteiger partial charge is 0.491 e. The van der Waals surface area contributed by atoms with Crippen LogP contribution in [0.5, 0.6) is 5.75 Å². The average molecular weight is 274 g/mol. The quantitative estimate of drug-likeness (QED) is 0.893. The van der Waals surface area contributed by atoms with Gasteiger partial charge in [0, 0.05) is 19.6 Å². The fourth-order valence-electron chi connectivity index (χ4n) is 2.35. The van der Waals surface area contributed by atoms with Crippen LogP contribution in [0.2, 0.25) is 0 Å². The lowest BCUT2D eigenvalue weighted by atomic mass is 10.2. The molecule has 0 radical (unpaired) electrons. The van der Waals surface area contributed by atoms with Gasteiger partial charge in [-0.05, 0) is 51.1 Å². The summed E-state index contributed by atoms with van der Waals surface area (Å²) in [5.41, 5.74) is 1.23. The summed E-state index contributed by atoms with van der Waals surface area (Å²) in [7, 11) is 0. The van der Waals surface area contributed by atoms with E-state index >= 15 is 0 Å². The number of ether oxygens (including phenoxy) is 1. The maximum atomic E-state index is 5.64. The first-order chi connectivity index (χ1) is 9.74. The summed E-state index contributed by atoms with van der Waals surface area (Å²) in [6.45, 7) is 9.72. The van der Waals surface area contributed by atoms with Crippen LogP contribution in [-0.2, 0) is 0 Å². The lowest BCUT2D eigenvalue weighted by molar-refractivity contribution is 0.242.